The molecule has 6 heteroatoms. The first kappa shape index (κ1) is 15.8. The molecular formula is C18H20ClN3OS. The first-order valence-electron chi connectivity index (χ1n) is 8.37. The first-order valence-corrected chi connectivity index (χ1v) is 9.56. The number of fused-ring (bicyclic) bond motifs is 1. The van der Waals surface area contributed by atoms with Gasteiger partial charge in [-0.25, -0.2) is 4.79 Å². The number of urea groups is 1. The molecule has 2 amide bonds. The molecule has 1 saturated heterocycles. The summed E-state index contributed by atoms with van der Waals surface area (Å²) in [4.78, 5) is 17.8. The fourth-order valence-corrected chi connectivity index (χ4v) is 4.56. The molecule has 24 heavy (non-hydrogen) atoms. The Bertz CT molecular complexity index is 754. The van der Waals surface area contributed by atoms with E-state index in [1.807, 2.05) is 17.0 Å². The number of nitrogens with one attached hydrogen (secondary N) is 1. The van der Waals surface area contributed by atoms with Gasteiger partial charge in [-0.2, -0.15) is 0 Å². The number of halogens is 1. The normalized spacial score (nSPS) is 16.5. The van der Waals surface area contributed by atoms with Crippen molar-refractivity contribution in [3.8, 4) is 0 Å². The molecule has 0 spiro atoms. The summed E-state index contributed by atoms with van der Waals surface area (Å²) in [6.45, 7) is 3.64. The molecule has 3 heterocycles. The van der Waals surface area contributed by atoms with Crippen LogP contribution in [0.5, 0.6) is 0 Å². The summed E-state index contributed by atoms with van der Waals surface area (Å²) in [6.07, 6.45) is 3.24. The second-order valence-corrected chi connectivity index (χ2v) is 8.14. The summed E-state index contributed by atoms with van der Waals surface area (Å²) >= 11 is 7.66. The van der Waals surface area contributed by atoms with E-state index in [0.717, 1.165) is 55.5 Å². The number of anilines is 2. The number of hydrogen-bond donors (Lipinski definition) is 1. The molecule has 4 nitrogen and oxygen atoms in total. The standard InChI is InChI=1S/C18H20ClN3OS/c19-17-6-4-15(24-17)12-22-10-7-13-11-14(3-5-16(13)22)20-18(23)21-8-1-2-9-21/h3-6,11H,1-2,7-10,12H2,(H,20,23). The van der Waals surface area contributed by atoms with Crippen LogP contribution in [0.2, 0.25) is 4.34 Å². The van der Waals surface area contributed by atoms with Crippen molar-refractivity contribution in [3.63, 3.8) is 0 Å². The van der Waals surface area contributed by atoms with Crippen LogP contribution in [0, 0.1) is 0 Å². The van der Waals surface area contributed by atoms with Crippen LogP contribution in [0.4, 0.5) is 16.2 Å². The maximum Gasteiger partial charge on any atom is 0.321 e. The Hall–Kier alpha value is -1.72. The van der Waals surface area contributed by atoms with Gasteiger partial charge in [0.1, 0.15) is 0 Å². The number of likely N-dealkylation sites (tertiary alicyclic amines) is 1. The van der Waals surface area contributed by atoms with Crippen LogP contribution in [-0.2, 0) is 13.0 Å². The largest absolute Gasteiger partial charge is 0.366 e. The van der Waals surface area contributed by atoms with E-state index >= 15 is 0 Å². The first-order chi connectivity index (χ1) is 11.7. The zero-order valence-electron chi connectivity index (χ0n) is 13.4. The second kappa shape index (κ2) is 6.65. The highest BCUT2D eigenvalue weighted by molar-refractivity contribution is 7.16. The van der Waals surface area contributed by atoms with Crippen LogP contribution in [0.1, 0.15) is 23.3 Å². The molecule has 0 radical (unpaired) electrons. The van der Waals surface area contributed by atoms with E-state index in [1.54, 1.807) is 11.3 Å². The van der Waals surface area contributed by atoms with E-state index in [1.165, 1.54) is 16.1 Å². The molecule has 126 valence electrons. The van der Waals surface area contributed by atoms with Crippen molar-refractivity contribution >= 4 is 40.3 Å². The monoisotopic (exact) mass is 361 g/mol. The van der Waals surface area contributed by atoms with Gasteiger partial charge < -0.3 is 15.1 Å². The molecule has 1 N–H and O–H groups in total. The molecule has 1 aromatic heterocycles. The minimum atomic E-state index is 0.0236. The number of hydrogen-bond acceptors (Lipinski definition) is 3. The molecular weight excluding hydrogens is 342 g/mol. The smallest absolute Gasteiger partial charge is 0.321 e. The molecule has 2 aliphatic rings. The molecule has 1 aromatic carbocycles. The minimum absolute atomic E-state index is 0.0236. The molecule has 0 atom stereocenters. The topological polar surface area (TPSA) is 35.6 Å². The lowest BCUT2D eigenvalue weighted by Gasteiger charge is -2.19. The summed E-state index contributed by atoms with van der Waals surface area (Å²) in [5.41, 5.74) is 3.46. The third-order valence-electron chi connectivity index (χ3n) is 4.69. The minimum Gasteiger partial charge on any atom is -0.366 e. The van der Waals surface area contributed by atoms with E-state index in [4.69, 9.17) is 11.6 Å². The molecule has 1 fully saturated rings. The van der Waals surface area contributed by atoms with Crippen molar-refractivity contribution in [1.82, 2.24) is 4.90 Å². The quantitative estimate of drug-likeness (QED) is 0.867. The van der Waals surface area contributed by atoms with Gasteiger partial charge in [0.25, 0.3) is 0 Å². The zero-order valence-corrected chi connectivity index (χ0v) is 15.0. The summed E-state index contributed by atoms with van der Waals surface area (Å²) in [7, 11) is 0. The molecule has 2 aromatic rings. The van der Waals surface area contributed by atoms with Crippen molar-refractivity contribution in [2.45, 2.75) is 25.8 Å². The average Bonchev–Trinajstić information content (AvgIpc) is 3.29. The van der Waals surface area contributed by atoms with E-state index in [2.05, 4.69) is 28.4 Å². The number of rotatable bonds is 3. The second-order valence-electron chi connectivity index (χ2n) is 6.35. The lowest BCUT2D eigenvalue weighted by molar-refractivity contribution is 0.222. The van der Waals surface area contributed by atoms with Crippen LogP contribution < -0.4 is 10.2 Å². The average molecular weight is 362 g/mol. The molecule has 0 aliphatic carbocycles. The maximum atomic E-state index is 12.2. The number of thiophene rings is 1. The van der Waals surface area contributed by atoms with Crippen molar-refractivity contribution in [1.29, 1.82) is 0 Å². The van der Waals surface area contributed by atoms with Gasteiger partial charge >= 0.3 is 6.03 Å². The van der Waals surface area contributed by atoms with Gasteiger partial charge in [0.15, 0.2) is 0 Å². The molecule has 0 saturated carbocycles. The third-order valence-corrected chi connectivity index (χ3v) is 5.91. The highest BCUT2D eigenvalue weighted by Gasteiger charge is 2.22. The Morgan fingerprint density at radius 3 is 2.75 bits per heavy atom. The highest BCUT2D eigenvalue weighted by atomic mass is 35.5. The summed E-state index contributed by atoms with van der Waals surface area (Å²) in [5.74, 6) is 0. The van der Waals surface area contributed by atoms with E-state index in [-0.39, 0.29) is 6.03 Å². The fraction of sp³-hybridized carbons (Fsp3) is 0.389. The SMILES string of the molecule is O=C(Nc1ccc2c(c1)CCN2Cc1ccc(Cl)s1)N1CCCC1. The number of carbonyl (C=O) groups is 1. The molecule has 4 rings (SSSR count). The van der Waals surface area contributed by atoms with Crippen LogP contribution in [0.3, 0.4) is 0 Å². The van der Waals surface area contributed by atoms with E-state index in [9.17, 15) is 4.79 Å². The Morgan fingerprint density at radius 2 is 2.00 bits per heavy atom. The van der Waals surface area contributed by atoms with E-state index in [0.29, 0.717) is 0 Å². The van der Waals surface area contributed by atoms with Crippen LogP contribution in [0.15, 0.2) is 30.3 Å². The lowest BCUT2D eigenvalue weighted by atomic mass is 10.1. The van der Waals surface area contributed by atoms with Crippen LogP contribution in [0.25, 0.3) is 0 Å². The molecule has 0 bridgehead atoms. The van der Waals surface area contributed by atoms with Gasteiger partial charge in [-0.1, -0.05) is 11.6 Å². The Morgan fingerprint density at radius 1 is 1.17 bits per heavy atom. The van der Waals surface area contributed by atoms with Gasteiger partial charge in [-0.05, 0) is 55.2 Å². The number of benzene rings is 1. The van der Waals surface area contributed by atoms with Crippen LogP contribution in [-0.4, -0.2) is 30.6 Å². The van der Waals surface area contributed by atoms with Gasteiger partial charge in [0.05, 0.1) is 10.9 Å². The summed E-state index contributed by atoms with van der Waals surface area (Å²) in [5, 5.41) is 3.03. The van der Waals surface area contributed by atoms with Crippen LogP contribution >= 0.6 is 22.9 Å². The lowest BCUT2D eigenvalue weighted by Crippen LogP contribution is -2.32. The van der Waals surface area contributed by atoms with Crippen molar-refractivity contribution in [2.75, 3.05) is 29.9 Å². The maximum absolute atomic E-state index is 12.2. The summed E-state index contributed by atoms with van der Waals surface area (Å²) in [6, 6.07) is 10.3. The summed E-state index contributed by atoms with van der Waals surface area (Å²) < 4.78 is 0.837. The Kier molecular flexibility index (Phi) is 4.37. The van der Waals surface area contributed by atoms with Gasteiger partial charge in [0.2, 0.25) is 0 Å². The van der Waals surface area contributed by atoms with E-state index < -0.39 is 0 Å². The highest BCUT2D eigenvalue weighted by Crippen LogP contribution is 2.33. The third kappa shape index (κ3) is 3.23. The predicted molar refractivity (Wildman–Crippen MR) is 100 cm³/mol. The molecule has 2 aliphatic heterocycles. The number of nitrogens with zero attached hydrogens (tertiary/aromatic N) is 2. The van der Waals surface area contributed by atoms with Gasteiger partial charge in [0, 0.05) is 35.9 Å². The number of carbonyl (C=O) groups excluding carboxylic acids is 1. The predicted octanol–water partition coefficient (Wildman–Crippen LogP) is 4.59. The van der Waals surface area contributed by atoms with Crippen molar-refractivity contribution in [2.24, 2.45) is 0 Å². The fourth-order valence-electron chi connectivity index (χ4n) is 3.46. The Labute approximate surface area is 151 Å². The Balaban J connectivity index is 1.45. The van der Waals surface area contributed by atoms with Gasteiger partial charge in [-0.15, -0.1) is 11.3 Å². The molecule has 0 unspecified atom stereocenters. The van der Waals surface area contributed by atoms with Gasteiger partial charge in [-0.3, -0.25) is 0 Å². The zero-order chi connectivity index (χ0) is 16.5. The van der Waals surface area contributed by atoms with Crippen molar-refractivity contribution in [3.05, 3.63) is 45.1 Å². The number of amides is 2. The van der Waals surface area contributed by atoms with Crippen molar-refractivity contribution < 1.29 is 4.79 Å².